The molecule has 108 valence electrons. The summed E-state index contributed by atoms with van der Waals surface area (Å²) in [6.45, 7) is 5.06. The van der Waals surface area contributed by atoms with Crippen LogP contribution in [0.2, 0.25) is 0 Å². The Morgan fingerprint density at radius 2 is 1.70 bits per heavy atom. The summed E-state index contributed by atoms with van der Waals surface area (Å²) < 4.78 is 11.1. The number of fused-ring (bicyclic) bond motifs is 8. The zero-order chi connectivity index (χ0) is 14.0. The van der Waals surface area contributed by atoms with Crippen molar-refractivity contribution in [3.05, 3.63) is 12.2 Å². The number of nitrogens with one attached hydrogen (secondary N) is 1. The minimum atomic E-state index is -0.642. The number of amides is 2. The van der Waals surface area contributed by atoms with E-state index in [0.29, 0.717) is 41.5 Å². The Morgan fingerprint density at radius 1 is 1.10 bits per heavy atom. The van der Waals surface area contributed by atoms with Gasteiger partial charge in [0.25, 0.3) is 5.91 Å². The lowest BCUT2D eigenvalue weighted by Crippen LogP contribution is -2.33. The number of carbonyl (C=O) groups excluding carboxylic acids is 2. The smallest absolute Gasteiger partial charge is 0.414 e. The Balaban J connectivity index is 1.33. The summed E-state index contributed by atoms with van der Waals surface area (Å²) in [5.41, 5.74) is 0.306. The minimum absolute atomic E-state index is 0.0503. The Hall–Kier alpha value is -1.36. The fraction of sp³-hybridized carbons (Fsp3) is 0.733. The van der Waals surface area contributed by atoms with Crippen LogP contribution in [-0.2, 0) is 14.3 Å². The average molecular weight is 277 g/mol. The van der Waals surface area contributed by atoms with E-state index in [1.165, 1.54) is 6.42 Å². The SMILES string of the molecule is C=C(C)C(=O)NC(=O)OC1CC2C(C1)C1CC2C2OC12. The molecule has 5 heteroatoms. The van der Waals surface area contributed by atoms with Crippen LogP contribution in [0.15, 0.2) is 12.2 Å². The second-order valence-electron chi connectivity index (χ2n) is 6.69. The van der Waals surface area contributed by atoms with E-state index in [1.807, 2.05) is 0 Å². The molecular weight excluding hydrogens is 258 g/mol. The average Bonchev–Trinajstić information content (AvgIpc) is 2.77. The lowest BCUT2D eigenvalue weighted by Gasteiger charge is -2.20. The third-order valence-electron chi connectivity index (χ3n) is 5.55. The van der Waals surface area contributed by atoms with Gasteiger partial charge in [0.2, 0.25) is 0 Å². The molecule has 1 heterocycles. The van der Waals surface area contributed by atoms with Gasteiger partial charge in [-0.15, -0.1) is 0 Å². The van der Waals surface area contributed by atoms with Crippen molar-refractivity contribution in [3.63, 3.8) is 0 Å². The molecule has 0 aromatic carbocycles. The van der Waals surface area contributed by atoms with Crippen LogP contribution in [0.5, 0.6) is 0 Å². The Labute approximate surface area is 117 Å². The maximum absolute atomic E-state index is 11.7. The first kappa shape index (κ1) is 12.4. The highest BCUT2D eigenvalue weighted by molar-refractivity contribution is 6.01. The van der Waals surface area contributed by atoms with Crippen LogP contribution >= 0.6 is 0 Å². The molecule has 0 aromatic rings. The quantitative estimate of drug-likeness (QED) is 0.615. The second kappa shape index (κ2) is 4.07. The van der Waals surface area contributed by atoms with Crippen molar-refractivity contribution in [2.45, 2.75) is 44.5 Å². The van der Waals surface area contributed by atoms with Crippen LogP contribution < -0.4 is 5.32 Å². The molecule has 1 N–H and O–H groups in total. The first-order valence-corrected chi connectivity index (χ1v) is 7.37. The molecule has 6 unspecified atom stereocenters. The largest absolute Gasteiger partial charge is 0.446 e. The number of alkyl carbamates (subject to hydrolysis) is 1. The molecule has 20 heavy (non-hydrogen) atoms. The fourth-order valence-electron chi connectivity index (χ4n) is 4.76. The van der Waals surface area contributed by atoms with Gasteiger partial charge in [-0.25, -0.2) is 4.79 Å². The molecular formula is C15H19NO4. The van der Waals surface area contributed by atoms with Gasteiger partial charge >= 0.3 is 6.09 Å². The normalized spacial score (nSPS) is 46.5. The van der Waals surface area contributed by atoms with Gasteiger partial charge in [-0.2, -0.15) is 0 Å². The van der Waals surface area contributed by atoms with Gasteiger partial charge in [-0.05, 0) is 49.9 Å². The van der Waals surface area contributed by atoms with Crippen LogP contribution in [0.3, 0.4) is 0 Å². The van der Waals surface area contributed by atoms with Gasteiger partial charge < -0.3 is 9.47 Å². The summed E-state index contributed by atoms with van der Waals surface area (Å²) in [5.74, 6) is 2.20. The summed E-state index contributed by atoms with van der Waals surface area (Å²) in [4.78, 5) is 23.0. The molecule has 5 nitrogen and oxygen atoms in total. The number of hydrogen-bond acceptors (Lipinski definition) is 4. The summed E-state index contributed by atoms with van der Waals surface area (Å²) in [5, 5.41) is 2.20. The number of carbonyl (C=O) groups is 2. The van der Waals surface area contributed by atoms with Crippen LogP contribution in [0.1, 0.15) is 26.2 Å². The van der Waals surface area contributed by atoms with Crippen molar-refractivity contribution >= 4 is 12.0 Å². The molecule has 4 fully saturated rings. The van der Waals surface area contributed by atoms with E-state index in [9.17, 15) is 9.59 Å². The molecule has 1 saturated heterocycles. The van der Waals surface area contributed by atoms with Crippen LogP contribution in [0.4, 0.5) is 4.79 Å². The molecule has 4 rings (SSSR count). The van der Waals surface area contributed by atoms with E-state index in [4.69, 9.17) is 9.47 Å². The van der Waals surface area contributed by atoms with Gasteiger partial charge in [-0.1, -0.05) is 6.58 Å². The van der Waals surface area contributed by atoms with E-state index in [2.05, 4.69) is 11.9 Å². The van der Waals surface area contributed by atoms with Gasteiger partial charge in [0.15, 0.2) is 0 Å². The van der Waals surface area contributed by atoms with Crippen molar-refractivity contribution in [2.75, 3.05) is 0 Å². The summed E-state index contributed by atoms with van der Waals surface area (Å²) in [6.07, 6.45) is 3.46. The molecule has 0 spiro atoms. The Morgan fingerprint density at radius 3 is 2.25 bits per heavy atom. The third-order valence-corrected chi connectivity index (χ3v) is 5.55. The first-order chi connectivity index (χ1) is 9.54. The molecule has 0 aromatic heterocycles. The van der Waals surface area contributed by atoms with Crippen LogP contribution in [0.25, 0.3) is 0 Å². The lowest BCUT2D eigenvalue weighted by atomic mass is 9.82. The molecule has 3 saturated carbocycles. The minimum Gasteiger partial charge on any atom is -0.446 e. The third kappa shape index (κ3) is 1.72. The van der Waals surface area contributed by atoms with Crippen molar-refractivity contribution < 1.29 is 19.1 Å². The fourth-order valence-corrected chi connectivity index (χ4v) is 4.76. The topological polar surface area (TPSA) is 67.9 Å². The number of hydrogen-bond donors (Lipinski definition) is 1. The van der Waals surface area contributed by atoms with Crippen molar-refractivity contribution in [1.82, 2.24) is 5.32 Å². The van der Waals surface area contributed by atoms with Gasteiger partial charge in [0.05, 0.1) is 12.2 Å². The first-order valence-electron chi connectivity index (χ1n) is 7.37. The van der Waals surface area contributed by atoms with Gasteiger partial charge in [0, 0.05) is 5.57 Å². The molecule has 2 amide bonds. The zero-order valence-electron chi connectivity index (χ0n) is 11.5. The number of ether oxygens (including phenoxy) is 2. The number of imide groups is 1. The van der Waals surface area contributed by atoms with Crippen molar-refractivity contribution in [1.29, 1.82) is 0 Å². The zero-order valence-corrected chi connectivity index (χ0v) is 11.5. The van der Waals surface area contributed by atoms with E-state index in [1.54, 1.807) is 6.92 Å². The molecule has 3 aliphatic carbocycles. The highest BCUT2D eigenvalue weighted by Crippen LogP contribution is 2.65. The van der Waals surface area contributed by atoms with E-state index in [-0.39, 0.29) is 6.10 Å². The van der Waals surface area contributed by atoms with Crippen LogP contribution in [0, 0.1) is 23.7 Å². The Bertz CT molecular complexity index is 480. The number of epoxide rings is 1. The van der Waals surface area contributed by atoms with Gasteiger partial charge in [-0.3, -0.25) is 10.1 Å². The van der Waals surface area contributed by atoms with Gasteiger partial charge in [0.1, 0.15) is 6.10 Å². The maximum Gasteiger partial charge on any atom is 0.414 e. The maximum atomic E-state index is 11.7. The second-order valence-corrected chi connectivity index (χ2v) is 6.69. The van der Waals surface area contributed by atoms with Crippen LogP contribution in [-0.4, -0.2) is 30.3 Å². The highest BCUT2D eigenvalue weighted by Gasteiger charge is 2.68. The summed E-state index contributed by atoms with van der Waals surface area (Å²) in [6, 6.07) is 0. The Kier molecular flexibility index (Phi) is 2.52. The molecule has 0 radical (unpaired) electrons. The van der Waals surface area contributed by atoms with E-state index in [0.717, 1.165) is 12.8 Å². The van der Waals surface area contributed by atoms with E-state index >= 15 is 0 Å². The molecule has 4 aliphatic rings. The van der Waals surface area contributed by atoms with Crippen molar-refractivity contribution in [2.24, 2.45) is 23.7 Å². The lowest BCUT2D eigenvalue weighted by molar-refractivity contribution is -0.116. The number of rotatable bonds is 2. The predicted molar refractivity (Wildman–Crippen MR) is 69.7 cm³/mol. The standard InChI is InChI=1S/C15H19NO4/c1-6(2)14(17)16-15(18)19-7-3-8-9(4-7)11-5-10(8)12-13(11)20-12/h7-13H,1,3-5H2,2H3,(H,16,17,18). The van der Waals surface area contributed by atoms with E-state index < -0.39 is 12.0 Å². The molecule has 6 atom stereocenters. The summed E-state index contributed by atoms with van der Waals surface area (Å²) in [7, 11) is 0. The molecule has 1 aliphatic heterocycles. The molecule has 2 bridgehead atoms. The highest BCUT2D eigenvalue weighted by atomic mass is 16.6. The summed E-state index contributed by atoms with van der Waals surface area (Å²) >= 11 is 0. The monoisotopic (exact) mass is 277 g/mol. The van der Waals surface area contributed by atoms with Crippen molar-refractivity contribution in [3.8, 4) is 0 Å². The predicted octanol–water partition coefficient (Wildman–Crippen LogP) is 1.63.